The van der Waals surface area contributed by atoms with Crippen molar-refractivity contribution in [3.05, 3.63) is 23.5 Å². The van der Waals surface area contributed by atoms with Gasteiger partial charge < -0.3 is 9.47 Å². The number of halogens is 1. The third-order valence-electron chi connectivity index (χ3n) is 2.72. The highest BCUT2D eigenvalue weighted by atomic mass is 35.5. The molecule has 1 heterocycles. The van der Waals surface area contributed by atoms with E-state index in [0.29, 0.717) is 26.4 Å². The minimum atomic E-state index is -3.71. The van der Waals surface area contributed by atoms with Crippen molar-refractivity contribution in [3.8, 4) is 0 Å². The van der Waals surface area contributed by atoms with Gasteiger partial charge in [-0.2, -0.15) is 4.31 Å². The molecule has 0 N–H and O–H groups in total. The number of ether oxygens (including phenoxy) is 2. The molecule has 0 aromatic carbocycles. The van der Waals surface area contributed by atoms with Gasteiger partial charge in [0.15, 0.2) is 0 Å². The number of nitrogens with zero attached hydrogens (tertiary/aromatic N) is 2. The first-order valence-electron chi connectivity index (χ1n) is 6.80. The molecule has 0 radical (unpaired) electrons. The summed E-state index contributed by atoms with van der Waals surface area (Å²) in [7, 11) is -3.71. The van der Waals surface area contributed by atoms with Gasteiger partial charge in [0.25, 0.3) is 0 Å². The van der Waals surface area contributed by atoms with Crippen LogP contribution in [0.2, 0.25) is 5.15 Å². The van der Waals surface area contributed by atoms with Gasteiger partial charge in [-0.25, -0.2) is 13.4 Å². The second-order valence-corrected chi connectivity index (χ2v) is 6.35. The minimum Gasteiger partial charge on any atom is -0.380 e. The lowest BCUT2D eigenvalue weighted by Crippen LogP contribution is -2.37. The molecule has 6 nitrogen and oxygen atoms in total. The molecule has 0 bridgehead atoms. The zero-order valence-corrected chi connectivity index (χ0v) is 13.9. The summed E-state index contributed by atoms with van der Waals surface area (Å²) in [6, 6.07) is 2.99. The lowest BCUT2D eigenvalue weighted by molar-refractivity contribution is 0.110. The molecule has 1 aromatic heterocycles. The van der Waals surface area contributed by atoms with Crippen LogP contribution in [0.1, 0.15) is 13.8 Å². The number of hydrogen-bond acceptors (Lipinski definition) is 5. The second kappa shape index (κ2) is 9.32. The summed E-state index contributed by atoms with van der Waals surface area (Å²) < 4.78 is 37.0. The van der Waals surface area contributed by atoms with Gasteiger partial charge in [-0.1, -0.05) is 11.6 Å². The number of rotatable bonds is 10. The van der Waals surface area contributed by atoms with Gasteiger partial charge in [0.2, 0.25) is 10.0 Å². The monoisotopic (exact) mass is 336 g/mol. The van der Waals surface area contributed by atoms with Crippen LogP contribution in [0, 0.1) is 0 Å². The van der Waals surface area contributed by atoms with Crippen molar-refractivity contribution in [3.63, 3.8) is 0 Å². The van der Waals surface area contributed by atoms with E-state index in [2.05, 4.69) is 4.98 Å². The normalized spacial score (nSPS) is 12.0. The SMILES string of the molecule is CCOCCN(CCOCC)S(=O)(=O)c1cccnc1Cl. The molecule has 8 heteroatoms. The molecule has 0 fully saturated rings. The van der Waals surface area contributed by atoms with E-state index in [1.165, 1.54) is 16.6 Å². The third kappa shape index (κ3) is 5.52. The molecule has 21 heavy (non-hydrogen) atoms. The predicted molar refractivity (Wildman–Crippen MR) is 81.0 cm³/mol. The van der Waals surface area contributed by atoms with E-state index in [0.717, 1.165) is 0 Å². The third-order valence-corrected chi connectivity index (χ3v) is 5.06. The zero-order valence-electron chi connectivity index (χ0n) is 12.3. The number of pyridine rings is 1. The van der Waals surface area contributed by atoms with Crippen LogP contribution in [-0.2, 0) is 19.5 Å². The average Bonchev–Trinajstić information content (AvgIpc) is 2.46. The molecule has 0 spiro atoms. The summed E-state index contributed by atoms with van der Waals surface area (Å²) in [4.78, 5) is 3.82. The van der Waals surface area contributed by atoms with E-state index < -0.39 is 10.0 Å². The summed E-state index contributed by atoms with van der Waals surface area (Å²) >= 11 is 5.90. The Morgan fingerprint density at radius 1 is 1.19 bits per heavy atom. The van der Waals surface area contributed by atoms with Crippen LogP contribution in [0.3, 0.4) is 0 Å². The molecule has 0 aliphatic carbocycles. The molecule has 0 saturated heterocycles. The number of sulfonamides is 1. The van der Waals surface area contributed by atoms with Crippen molar-refractivity contribution in [2.45, 2.75) is 18.7 Å². The van der Waals surface area contributed by atoms with E-state index in [-0.39, 0.29) is 23.1 Å². The first-order valence-corrected chi connectivity index (χ1v) is 8.62. The maximum absolute atomic E-state index is 12.6. The van der Waals surface area contributed by atoms with Crippen molar-refractivity contribution in [2.75, 3.05) is 39.5 Å². The fourth-order valence-electron chi connectivity index (χ4n) is 1.68. The topological polar surface area (TPSA) is 68.7 Å². The van der Waals surface area contributed by atoms with E-state index in [1.54, 1.807) is 6.07 Å². The Morgan fingerprint density at radius 3 is 2.24 bits per heavy atom. The lowest BCUT2D eigenvalue weighted by atomic mass is 10.5. The molecule has 0 saturated carbocycles. The van der Waals surface area contributed by atoms with Gasteiger partial charge in [0.1, 0.15) is 10.0 Å². The van der Waals surface area contributed by atoms with Crippen LogP contribution < -0.4 is 0 Å². The highest BCUT2D eigenvalue weighted by Crippen LogP contribution is 2.21. The molecule has 0 amide bonds. The number of aromatic nitrogens is 1. The smallest absolute Gasteiger partial charge is 0.246 e. The van der Waals surface area contributed by atoms with Crippen LogP contribution in [0.25, 0.3) is 0 Å². The van der Waals surface area contributed by atoms with E-state index in [4.69, 9.17) is 21.1 Å². The highest BCUT2D eigenvalue weighted by molar-refractivity contribution is 7.89. The molecule has 0 aliphatic heterocycles. The molecule has 0 atom stereocenters. The maximum Gasteiger partial charge on any atom is 0.246 e. The number of hydrogen-bond donors (Lipinski definition) is 0. The first kappa shape index (κ1) is 18.3. The minimum absolute atomic E-state index is 0.000311. The van der Waals surface area contributed by atoms with Gasteiger partial charge in [-0.15, -0.1) is 0 Å². The average molecular weight is 337 g/mol. The van der Waals surface area contributed by atoms with Crippen LogP contribution in [0.4, 0.5) is 0 Å². The summed E-state index contributed by atoms with van der Waals surface area (Å²) in [5.74, 6) is 0. The van der Waals surface area contributed by atoms with E-state index in [1.807, 2.05) is 13.8 Å². The molecular weight excluding hydrogens is 316 g/mol. The highest BCUT2D eigenvalue weighted by Gasteiger charge is 2.26. The molecule has 1 rings (SSSR count). The Kier molecular flexibility index (Phi) is 8.13. The van der Waals surface area contributed by atoms with Crippen LogP contribution in [0.15, 0.2) is 23.2 Å². The molecule has 120 valence electrons. The Balaban J connectivity index is 2.90. The Morgan fingerprint density at radius 2 is 1.76 bits per heavy atom. The lowest BCUT2D eigenvalue weighted by Gasteiger charge is -2.22. The second-order valence-electron chi connectivity index (χ2n) is 4.09. The fourth-order valence-corrected chi connectivity index (χ4v) is 3.51. The standard InChI is InChI=1S/C13H21ClN2O4S/c1-3-19-10-8-16(9-11-20-4-2)21(17,18)12-6-5-7-15-13(12)14/h5-7H,3-4,8-11H2,1-2H3. The van der Waals surface area contributed by atoms with Crippen molar-refractivity contribution < 1.29 is 17.9 Å². The van der Waals surface area contributed by atoms with E-state index >= 15 is 0 Å². The van der Waals surface area contributed by atoms with Crippen LogP contribution in [-0.4, -0.2) is 57.2 Å². The van der Waals surface area contributed by atoms with Gasteiger partial charge in [0.05, 0.1) is 13.2 Å². The quantitative estimate of drug-likeness (QED) is 0.481. The van der Waals surface area contributed by atoms with Gasteiger partial charge >= 0.3 is 0 Å². The first-order chi connectivity index (χ1) is 10.0. The molecular formula is C13H21ClN2O4S. The van der Waals surface area contributed by atoms with Gasteiger partial charge in [0, 0.05) is 32.5 Å². The van der Waals surface area contributed by atoms with Crippen LogP contribution in [0.5, 0.6) is 0 Å². The van der Waals surface area contributed by atoms with Crippen molar-refractivity contribution in [1.82, 2.24) is 9.29 Å². The summed E-state index contributed by atoms with van der Waals surface area (Å²) in [5.41, 5.74) is 0. The Bertz CT molecular complexity index is 515. The zero-order chi connectivity index (χ0) is 15.7. The largest absolute Gasteiger partial charge is 0.380 e. The summed E-state index contributed by atoms with van der Waals surface area (Å²) in [6.45, 7) is 5.91. The Hall–Kier alpha value is -0.730. The Labute approximate surface area is 131 Å². The molecule has 1 aromatic rings. The summed E-state index contributed by atoms with van der Waals surface area (Å²) in [5, 5.41) is -0.0321. The van der Waals surface area contributed by atoms with Gasteiger partial charge in [-0.3, -0.25) is 0 Å². The van der Waals surface area contributed by atoms with E-state index in [9.17, 15) is 8.42 Å². The molecule has 0 unspecified atom stereocenters. The summed E-state index contributed by atoms with van der Waals surface area (Å²) in [6.07, 6.45) is 1.45. The van der Waals surface area contributed by atoms with Crippen LogP contribution >= 0.6 is 11.6 Å². The predicted octanol–water partition coefficient (Wildman–Crippen LogP) is 1.80. The molecule has 0 aliphatic rings. The van der Waals surface area contributed by atoms with Gasteiger partial charge in [-0.05, 0) is 26.0 Å². The van der Waals surface area contributed by atoms with Crippen molar-refractivity contribution >= 4 is 21.6 Å². The van der Waals surface area contributed by atoms with Crippen molar-refractivity contribution in [2.24, 2.45) is 0 Å². The van der Waals surface area contributed by atoms with Crippen molar-refractivity contribution in [1.29, 1.82) is 0 Å². The maximum atomic E-state index is 12.6. The fraction of sp³-hybridized carbons (Fsp3) is 0.615.